The minimum absolute atomic E-state index is 0.154. The average molecular weight is 313 g/mol. The molecule has 0 radical (unpaired) electrons. The van der Waals surface area contributed by atoms with E-state index in [1.807, 2.05) is 6.92 Å². The van der Waals surface area contributed by atoms with Crippen molar-refractivity contribution < 1.29 is 18.3 Å². The minimum atomic E-state index is -4.07. The third-order valence-electron chi connectivity index (χ3n) is 2.85. The van der Waals surface area contributed by atoms with Gasteiger partial charge in [0.25, 0.3) is 10.0 Å². The lowest BCUT2D eigenvalue weighted by Crippen LogP contribution is -2.17. The first-order valence-corrected chi connectivity index (χ1v) is 7.58. The van der Waals surface area contributed by atoms with Crippen LogP contribution in [0.15, 0.2) is 11.1 Å². The van der Waals surface area contributed by atoms with Gasteiger partial charge in [0.2, 0.25) is 0 Å². The molecule has 3 N–H and O–H groups in total. The topological polar surface area (TPSA) is 130 Å². The number of sulfonamides is 1. The number of rotatable bonds is 5. The van der Waals surface area contributed by atoms with Gasteiger partial charge in [0, 0.05) is 13.2 Å². The van der Waals surface area contributed by atoms with E-state index in [9.17, 15) is 13.2 Å². The second-order valence-electron chi connectivity index (χ2n) is 4.45. The molecule has 0 aliphatic rings. The number of aromatic amines is 1. The molecule has 10 heteroatoms. The van der Waals surface area contributed by atoms with Gasteiger partial charge in [0.1, 0.15) is 4.90 Å². The molecule has 2 rings (SSSR count). The SMILES string of the molecule is CCc1nn(C)cc1NS(=O)(=O)c1c(C(=O)O)n[nH]c1C. The number of carboxylic acids is 1. The Kier molecular flexibility index (Phi) is 3.73. The molecule has 2 aromatic heterocycles. The summed E-state index contributed by atoms with van der Waals surface area (Å²) < 4.78 is 28.7. The van der Waals surface area contributed by atoms with Crippen LogP contribution in [0.5, 0.6) is 0 Å². The fourth-order valence-electron chi connectivity index (χ4n) is 1.97. The van der Waals surface area contributed by atoms with Gasteiger partial charge in [-0.2, -0.15) is 10.2 Å². The van der Waals surface area contributed by atoms with Gasteiger partial charge in [-0.15, -0.1) is 0 Å². The van der Waals surface area contributed by atoms with Gasteiger partial charge in [-0.1, -0.05) is 6.92 Å². The van der Waals surface area contributed by atoms with Gasteiger partial charge in [-0.25, -0.2) is 13.2 Å². The van der Waals surface area contributed by atoms with E-state index in [0.717, 1.165) is 0 Å². The average Bonchev–Trinajstić information content (AvgIpc) is 2.92. The molecule has 2 aromatic rings. The van der Waals surface area contributed by atoms with Crippen LogP contribution in [0.2, 0.25) is 0 Å². The standard InChI is InChI=1S/C11H15N5O4S/c1-4-7-8(5-16(3)14-7)15-21(19,20)10-6(2)12-13-9(10)11(17)18/h5,15H,4H2,1-3H3,(H,12,13)(H,17,18). The first kappa shape index (κ1) is 15.0. The van der Waals surface area contributed by atoms with Crippen LogP contribution in [-0.2, 0) is 23.5 Å². The predicted molar refractivity (Wildman–Crippen MR) is 73.7 cm³/mol. The molecule has 2 heterocycles. The molecule has 0 spiro atoms. The molecular weight excluding hydrogens is 298 g/mol. The second kappa shape index (κ2) is 5.20. The summed E-state index contributed by atoms with van der Waals surface area (Å²) in [4.78, 5) is 10.7. The molecule has 0 atom stereocenters. The highest BCUT2D eigenvalue weighted by atomic mass is 32.2. The van der Waals surface area contributed by atoms with Crippen molar-refractivity contribution in [3.8, 4) is 0 Å². The normalized spacial score (nSPS) is 11.6. The number of nitrogens with zero attached hydrogens (tertiary/aromatic N) is 3. The Morgan fingerprint density at radius 1 is 1.52 bits per heavy atom. The Labute approximate surface area is 121 Å². The molecule has 0 amide bonds. The lowest BCUT2D eigenvalue weighted by molar-refractivity contribution is 0.0686. The number of hydrogen-bond acceptors (Lipinski definition) is 5. The molecule has 21 heavy (non-hydrogen) atoms. The Hall–Kier alpha value is -2.36. The smallest absolute Gasteiger partial charge is 0.357 e. The van der Waals surface area contributed by atoms with Crippen LogP contribution in [0.4, 0.5) is 5.69 Å². The van der Waals surface area contributed by atoms with E-state index in [2.05, 4.69) is 20.0 Å². The lowest BCUT2D eigenvalue weighted by Gasteiger charge is -2.07. The number of carboxylic acid groups (broad SMARTS) is 1. The summed E-state index contributed by atoms with van der Waals surface area (Å²) in [6.07, 6.45) is 2.06. The minimum Gasteiger partial charge on any atom is -0.476 e. The van der Waals surface area contributed by atoms with Crippen LogP contribution in [-0.4, -0.2) is 39.5 Å². The fraction of sp³-hybridized carbons (Fsp3) is 0.364. The summed E-state index contributed by atoms with van der Waals surface area (Å²) in [6, 6.07) is 0. The van der Waals surface area contributed by atoms with E-state index in [1.165, 1.54) is 17.8 Å². The van der Waals surface area contributed by atoms with Crippen LogP contribution < -0.4 is 4.72 Å². The molecule has 0 aromatic carbocycles. The monoisotopic (exact) mass is 313 g/mol. The first-order valence-electron chi connectivity index (χ1n) is 6.09. The van der Waals surface area contributed by atoms with Gasteiger partial charge < -0.3 is 5.11 Å². The maximum Gasteiger partial charge on any atom is 0.357 e. The number of carbonyl (C=O) groups is 1. The van der Waals surface area contributed by atoms with Crippen LogP contribution >= 0.6 is 0 Å². The van der Waals surface area contributed by atoms with Gasteiger partial charge in [-0.3, -0.25) is 14.5 Å². The first-order chi connectivity index (χ1) is 9.76. The van der Waals surface area contributed by atoms with Crippen LogP contribution in [0.25, 0.3) is 0 Å². The summed E-state index contributed by atoms with van der Waals surface area (Å²) in [6.45, 7) is 3.28. The number of anilines is 1. The van der Waals surface area contributed by atoms with E-state index in [1.54, 1.807) is 7.05 Å². The van der Waals surface area contributed by atoms with Gasteiger partial charge in [0.15, 0.2) is 5.69 Å². The molecule has 0 saturated carbocycles. The Bertz CT molecular complexity index is 790. The maximum absolute atomic E-state index is 12.4. The third kappa shape index (κ3) is 2.75. The molecule has 0 saturated heterocycles. The molecule has 0 aliphatic heterocycles. The molecule has 0 aliphatic carbocycles. The Balaban J connectivity index is 2.48. The van der Waals surface area contributed by atoms with Crippen molar-refractivity contribution in [1.82, 2.24) is 20.0 Å². The zero-order valence-electron chi connectivity index (χ0n) is 11.7. The fourth-order valence-corrected chi connectivity index (χ4v) is 3.37. The van der Waals surface area contributed by atoms with Crippen molar-refractivity contribution in [2.75, 3.05) is 4.72 Å². The van der Waals surface area contributed by atoms with Crippen molar-refractivity contribution in [3.63, 3.8) is 0 Å². The van der Waals surface area contributed by atoms with Crippen molar-refractivity contribution in [3.05, 3.63) is 23.3 Å². The molecule has 0 unspecified atom stereocenters. The number of aryl methyl sites for hydroxylation is 3. The van der Waals surface area contributed by atoms with E-state index in [4.69, 9.17) is 5.11 Å². The van der Waals surface area contributed by atoms with E-state index < -0.39 is 21.7 Å². The molecule has 9 nitrogen and oxygen atoms in total. The number of nitrogens with one attached hydrogen (secondary N) is 2. The zero-order chi connectivity index (χ0) is 15.8. The van der Waals surface area contributed by atoms with Crippen molar-refractivity contribution in [1.29, 1.82) is 0 Å². The predicted octanol–water partition coefficient (Wildman–Crippen LogP) is 0.513. The Morgan fingerprint density at radius 3 is 2.76 bits per heavy atom. The maximum atomic E-state index is 12.4. The lowest BCUT2D eigenvalue weighted by atomic mass is 10.3. The number of H-pyrrole nitrogens is 1. The van der Waals surface area contributed by atoms with Gasteiger partial charge in [-0.05, 0) is 13.3 Å². The summed E-state index contributed by atoms with van der Waals surface area (Å²) in [5.74, 6) is -1.42. The highest BCUT2D eigenvalue weighted by Gasteiger charge is 2.29. The Morgan fingerprint density at radius 2 is 2.19 bits per heavy atom. The largest absolute Gasteiger partial charge is 0.476 e. The zero-order valence-corrected chi connectivity index (χ0v) is 12.5. The summed E-state index contributed by atoms with van der Waals surface area (Å²) >= 11 is 0. The highest BCUT2D eigenvalue weighted by Crippen LogP contribution is 2.23. The van der Waals surface area contributed by atoms with Gasteiger partial charge in [0.05, 0.1) is 17.1 Å². The van der Waals surface area contributed by atoms with Crippen LogP contribution in [0.3, 0.4) is 0 Å². The highest BCUT2D eigenvalue weighted by molar-refractivity contribution is 7.92. The van der Waals surface area contributed by atoms with Crippen LogP contribution in [0.1, 0.15) is 28.8 Å². The van der Waals surface area contributed by atoms with Crippen LogP contribution in [0, 0.1) is 6.92 Å². The number of aromatic carboxylic acids is 1. The van der Waals surface area contributed by atoms with Gasteiger partial charge >= 0.3 is 5.97 Å². The molecule has 0 fully saturated rings. The van der Waals surface area contributed by atoms with Crippen molar-refractivity contribution in [2.24, 2.45) is 7.05 Å². The second-order valence-corrected chi connectivity index (χ2v) is 6.07. The quantitative estimate of drug-likeness (QED) is 0.737. The molecule has 114 valence electrons. The number of hydrogen-bond donors (Lipinski definition) is 3. The summed E-state index contributed by atoms with van der Waals surface area (Å²) in [7, 11) is -2.40. The molecular formula is C11H15N5O4S. The summed E-state index contributed by atoms with van der Waals surface area (Å²) in [5, 5.41) is 19.0. The van der Waals surface area contributed by atoms with E-state index >= 15 is 0 Å². The number of aromatic nitrogens is 4. The third-order valence-corrected chi connectivity index (χ3v) is 4.37. The van der Waals surface area contributed by atoms with E-state index in [-0.39, 0.29) is 10.6 Å². The van der Waals surface area contributed by atoms with E-state index in [0.29, 0.717) is 17.8 Å². The van der Waals surface area contributed by atoms with Crippen molar-refractivity contribution in [2.45, 2.75) is 25.2 Å². The van der Waals surface area contributed by atoms with Crippen molar-refractivity contribution >= 4 is 21.7 Å². The summed E-state index contributed by atoms with van der Waals surface area (Å²) in [5.41, 5.74) is 0.500. The molecule has 0 bridgehead atoms.